The summed E-state index contributed by atoms with van der Waals surface area (Å²) in [6, 6.07) is 14.3. The molecule has 6 N–H and O–H groups in total. The number of nitrogens with one attached hydrogen (secondary N) is 4. The second-order valence-corrected chi connectivity index (χ2v) is 13.7. The molecule has 2 aliphatic rings. The van der Waals surface area contributed by atoms with Crippen molar-refractivity contribution in [3.63, 3.8) is 0 Å². The highest BCUT2D eigenvalue weighted by Crippen LogP contribution is 2.22. The van der Waals surface area contributed by atoms with Crippen molar-refractivity contribution < 1.29 is 28.9 Å². The third-order valence-electron chi connectivity index (χ3n) is 9.35. The van der Waals surface area contributed by atoms with Crippen LogP contribution in [0, 0.1) is 16.0 Å². The summed E-state index contributed by atoms with van der Waals surface area (Å²) in [5.41, 5.74) is 7.53. The van der Waals surface area contributed by atoms with Crippen LogP contribution in [0.5, 0.6) is 0 Å². The van der Waals surface area contributed by atoms with Gasteiger partial charge in [-0.05, 0) is 59.9 Å². The van der Waals surface area contributed by atoms with Crippen molar-refractivity contribution in [2.75, 3.05) is 13.1 Å². The number of carbonyl (C=O) groups excluding carboxylic acids is 5. The third kappa shape index (κ3) is 9.45. The summed E-state index contributed by atoms with van der Waals surface area (Å²) < 4.78 is 0. The van der Waals surface area contributed by atoms with Gasteiger partial charge in [0.2, 0.25) is 29.5 Å². The van der Waals surface area contributed by atoms with E-state index in [4.69, 9.17) is 5.73 Å². The van der Waals surface area contributed by atoms with Gasteiger partial charge in [-0.15, -0.1) is 0 Å². The average Bonchev–Trinajstić information content (AvgIpc) is 3.60. The number of rotatable bonds is 9. The Morgan fingerprint density at radius 1 is 0.922 bits per heavy atom. The number of amides is 5. The maximum Gasteiger partial charge on any atom is 0.269 e. The number of non-ortho nitro benzene ring substituents is 1. The Labute approximate surface area is 296 Å². The minimum Gasteiger partial charge on any atom is -0.354 e. The molecule has 5 rings (SSSR count). The Morgan fingerprint density at radius 3 is 2.31 bits per heavy atom. The van der Waals surface area contributed by atoms with Crippen LogP contribution in [0.15, 0.2) is 66.7 Å². The Morgan fingerprint density at radius 2 is 1.61 bits per heavy atom. The topological polar surface area (TPSA) is 206 Å². The van der Waals surface area contributed by atoms with Crippen molar-refractivity contribution in [2.45, 2.75) is 82.6 Å². The van der Waals surface area contributed by atoms with E-state index in [1.807, 2.05) is 56.3 Å². The van der Waals surface area contributed by atoms with Crippen LogP contribution in [0.4, 0.5) is 5.69 Å². The Bertz CT molecular complexity index is 1780. The van der Waals surface area contributed by atoms with Crippen molar-refractivity contribution in [1.29, 1.82) is 0 Å². The van der Waals surface area contributed by atoms with E-state index in [0.29, 0.717) is 24.8 Å². The lowest BCUT2D eigenvalue weighted by Gasteiger charge is -2.31. The summed E-state index contributed by atoms with van der Waals surface area (Å²) >= 11 is 0. The molecule has 2 saturated heterocycles. The zero-order chi connectivity index (χ0) is 36.7. The molecule has 0 saturated carbocycles. The molecule has 0 aliphatic carbocycles. The van der Waals surface area contributed by atoms with Gasteiger partial charge in [-0.25, -0.2) is 0 Å². The summed E-state index contributed by atoms with van der Waals surface area (Å²) in [6.45, 7) is 4.13. The molecule has 5 amide bonds. The number of nitro groups is 1. The van der Waals surface area contributed by atoms with E-state index in [2.05, 4.69) is 21.3 Å². The lowest BCUT2D eigenvalue weighted by molar-refractivity contribution is -0.384. The number of nitro benzene ring substituents is 1. The summed E-state index contributed by atoms with van der Waals surface area (Å²) in [4.78, 5) is 80.4. The van der Waals surface area contributed by atoms with Gasteiger partial charge >= 0.3 is 0 Å². The van der Waals surface area contributed by atoms with Crippen LogP contribution in [0.1, 0.15) is 50.7 Å². The number of carbonyl (C=O) groups is 5. The Hall–Kier alpha value is -5.37. The van der Waals surface area contributed by atoms with Crippen molar-refractivity contribution in [3.8, 4) is 0 Å². The van der Waals surface area contributed by atoms with E-state index >= 15 is 0 Å². The number of benzene rings is 3. The zero-order valence-corrected chi connectivity index (χ0v) is 28.8. The van der Waals surface area contributed by atoms with Crippen LogP contribution in [0.25, 0.3) is 10.8 Å². The van der Waals surface area contributed by atoms with Crippen molar-refractivity contribution >= 4 is 46.0 Å². The summed E-state index contributed by atoms with van der Waals surface area (Å²) in [5.74, 6) is -2.52. The van der Waals surface area contributed by atoms with Crippen molar-refractivity contribution in [1.82, 2.24) is 26.2 Å². The number of hydrogen-bond donors (Lipinski definition) is 5. The molecule has 0 unspecified atom stereocenters. The van der Waals surface area contributed by atoms with Crippen molar-refractivity contribution in [3.05, 3.63) is 88.0 Å². The highest BCUT2D eigenvalue weighted by atomic mass is 16.6. The van der Waals surface area contributed by atoms with E-state index in [9.17, 15) is 34.1 Å². The highest BCUT2D eigenvalue weighted by Gasteiger charge is 2.40. The number of fused-ring (bicyclic) bond motifs is 2. The fraction of sp³-hybridized carbons (Fsp3) is 0.432. The second-order valence-electron chi connectivity index (χ2n) is 13.7. The predicted octanol–water partition coefficient (Wildman–Crippen LogP) is 1.87. The first kappa shape index (κ1) is 36.9. The minimum absolute atomic E-state index is 0.00278. The minimum atomic E-state index is -1.11. The fourth-order valence-corrected chi connectivity index (χ4v) is 6.66. The number of hydrogen-bond acceptors (Lipinski definition) is 8. The van der Waals surface area contributed by atoms with Gasteiger partial charge in [-0.2, -0.15) is 0 Å². The molecule has 14 nitrogen and oxygen atoms in total. The first-order valence-electron chi connectivity index (χ1n) is 17.4. The average molecular weight is 700 g/mol. The molecule has 270 valence electrons. The Balaban J connectivity index is 1.38. The maximum atomic E-state index is 14.0. The van der Waals surface area contributed by atoms with Gasteiger partial charge in [0.05, 0.1) is 11.0 Å². The SMILES string of the molecule is CC(C)C[C@@H]1NC(=O)[C@H](Cc2ccc3ccccc3c2)NC(=O)[C@H]2CCCN2C(=O)[C@@H](NC(=O)[C@@H](N)Cc2ccc([N+](=O)[O-])cc2)CCNC1=O. The second kappa shape index (κ2) is 16.6. The standard InChI is InChI=1S/C37H45N7O7/c1-22(2)18-30-34(46)39-16-15-29(40-33(45)28(38)20-23-10-13-27(14-11-23)44(50)51)37(49)43-17-5-8-32(43)36(48)42-31(35(47)41-30)21-24-9-12-25-6-3-4-7-26(25)19-24/h3-4,6-7,9-14,19,22,28-32H,5,8,15-18,20-21,38H2,1-2H3,(H,39,46)(H,40,45)(H,41,47)(H,42,48)/t28-,29-,30-,31-,32+/m0/s1. The summed E-state index contributed by atoms with van der Waals surface area (Å²) in [7, 11) is 0. The predicted molar refractivity (Wildman–Crippen MR) is 190 cm³/mol. The van der Waals surface area contributed by atoms with E-state index in [1.165, 1.54) is 29.2 Å². The summed E-state index contributed by atoms with van der Waals surface area (Å²) in [6.07, 6.45) is 1.48. The first-order chi connectivity index (χ1) is 24.4. The Kier molecular flexibility index (Phi) is 12.0. The van der Waals surface area contributed by atoms with Gasteiger partial charge < -0.3 is 31.9 Å². The first-order valence-corrected chi connectivity index (χ1v) is 17.4. The van der Waals surface area contributed by atoms with Gasteiger partial charge in [0, 0.05) is 31.6 Å². The van der Waals surface area contributed by atoms with Gasteiger partial charge in [-0.1, -0.05) is 68.4 Å². The maximum absolute atomic E-state index is 14.0. The molecule has 5 atom stereocenters. The number of nitrogens with two attached hydrogens (primary N) is 1. The van der Waals surface area contributed by atoms with E-state index in [1.54, 1.807) is 0 Å². The van der Waals surface area contributed by atoms with Gasteiger partial charge in [-0.3, -0.25) is 34.1 Å². The van der Waals surface area contributed by atoms with Crippen LogP contribution in [-0.2, 0) is 36.8 Å². The molecule has 14 heteroatoms. The molecular weight excluding hydrogens is 654 g/mol. The molecule has 2 aliphatic heterocycles. The van der Waals surface area contributed by atoms with Gasteiger partial charge in [0.25, 0.3) is 5.69 Å². The number of nitrogens with zero attached hydrogens (tertiary/aromatic N) is 2. The van der Waals surface area contributed by atoms with E-state index < -0.39 is 64.7 Å². The van der Waals surface area contributed by atoms with Crippen LogP contribution in [0.2, 0.25) is 0 Å². The molecule has 3 aromatic carbocycles. The largest absolute Gasteiger partial charge is 0.354 e. The van der Waals surface area contributed by atoms with Crippen LogP contribution < -0.4 is 27.0 Å². The van der Waals surface area contributed by atoms with E-state index in [-0.39, 0.29) is 44.0 Å². The molecule has 0 aromatic heterocycles. The molecule has 51 heavy (non-hydrogen) atoms. The quantitative estimate of drug-likeness (QED) is 0.164. The summed E-state index contributed by atoms with van der Waals surface area (Å²) in [5, 5.41) is 24.3. The van der Waals surface area contributed by atoms with Crippen LogP contribution in [-0.4, -0.2) is 82.7 Å². The molecule has 3 aromatic rings. The lowest BCUT2D eigenvalue weighted by Crippen LogP contribution is -2.60. The fourth-order valence-electron chi connectivity index (χ4n) is 6.66. The molecule has 2 heterocycles. The van der Waals surface area contributed by atoms with Crippen LogP contribution >= 0.6 is 0 Å². The molecule has 2 fully saturated rings. The van der Waals surface area contributed by atoms with Crippen molar-refractivity contribution in [2.24, 2.45) is 11.7 Å². The normalized spacial score (nSPS) is 22.4. The third-order valence-corrected chi connectivity index (χ3v) is 9.35. The van der Waals surface area contributed by atoms with Crippen LogP contribution in [0.3, 0.4) is 0 Å². The van der Waals surface area contributed by atoms with E-state index in [0.717, 1.165) is 16.3 Å². The smallest absolute Gasteiger partial charge is 0.269 e. The van der Waals surface area contributed by atoms with Gasteiger partial charge in [0.15, 0.2) is 0 Å². The van der Waals surface area contributed by atoms with Gasteiger partial charge in [0.1, 0.15) is 24.2 Å². The zero-order valence-electron chi connectivity index (χ0n) is 28.8. The molecule has 0 radical (unpaired) electrons. The molecule has 0 bridgehead atoms. The monoisotopic (exact) mass is 699 g/mol. The lowest BCUT2D eigenvalue weighted by atomic mass is 9.99. The molecule has 0 spiro atoms. The molecular formula is C37H45N7O7. The highest BCUT2D eigenvalue weighted by molar-refractivity contribution is 5.96.